The Morgan fingerprint density at radius 1 is 1.03 bits per heavy atom. The third-order valence-electron chi connectivity index (χ3n) is 4.15. The van der Waals surface area contributed by atoms with Crippen LogP contribution >= 0.6 is 0 Å². The summed E-state index contributed by atoms with van der Waals surface area (Å²) in [5.74, 6) is 0.543. The van der Waals surface area contributed by atoms with E-state index in [0.29, 0.717) is 31.1 Å². The monoisotopic (exact) mass is 431 g/mol. The van der Waals surface area contributed by atoms with Gasteiger partial charge < -0.3 is 20.1 Å². The Hall–Kier alpha value is -2.29. The van der Waals surface area contributed by atoms with E-state index >= 15 is 0 Å². The number of halogens is 3. The fraction of sp³-hybridized carbons (Fsp3) is 0.619. The van der Waals surface area contributed by atoms with Crippen molar-refractivity contribution in [2.24, 2.45) is 4.99 Å². The van der Waals surface area contributed by atoms with Crippen molar-refractivity contribution in [1.82, 2.24) is 10.6 Å². The SMILES string of the molecule is CCOC(=O)CCCCCCNC(=NC)NCc1ccc(COCC(F)(F)F)cc1. The van der Waals surface area contributed by atoms with Gasteiger partial charge in [0.1, 0.15) is 6.61 Å². The van der Waals surface area contributed by atoms with E-state index < -0.39 is 12.8 Å². The number of aliphatic imine (C=N–C) groups is 1. The Morgan fingerprint density at radius 2 is 1.70 bits per heavy atom. The standard InChI is InChI=1S/C21H32F3N3O3/c1-3-30-19(28)8-6-4-5-7-13-26-20(25-2)27-14-17-9-11-18(12-10-17)15-29-16-21(22,23)24/h9-12H,3-8,13-16H2,1-2H3,(H2,25,26,27). The number of esters is 1. The Kier molecular flexibility index (Phi) is 12.6. The maximum atomic E-state index is 12.1. The Bertz CT molecular complexity index is 635. The molecule has 2 N–H and O–H groups in total. The van der Waals surface area contributed by atoms with E-state index in [1.54, 1.807) is 26.1 Å². The van der Waals surface area contributed by atoms with Crippen LogP contribution in [0.25, 0.3) is 0 Å². The number of carbonyl (C=O) groups is 1. The maximum Gasteiger partial charge on any atom is 0.411 e. The first-order valence-electron chi connectivity index (χ1n) is 10.2. The largest absolute Gasteiger partial charge is 0.466 e. The molecule has 1 aromatic rings. The average molecular weight is 431 g/mol. The van der Waals surface area contributed by atoms with Gasteiger partial charge in [-0.1, -0.05) is 37.1 Å². The zero-order valence-electron chi connectivity index (χ0n) is 17.7. The number of guanidine groups is 1. The van der Waals surface area contributed by atoms with Crippen LogP contribution in [0.5, 0.6) is 0 Å². The Labute approximate surface area is 176 Å². The van der Waals surface area contributed by atoms with Gasteiger partial charge in [-0.05, 0) is 30.9 Å². The van der Waals surface area contributed by atoms with E-state index in [2.05, 4.69) is 20.4 Å². The Balaban J connectivity index is 2.17. The molecule has 0 spiro atoms. The highest BCUT2D eigenvalue weighted by Crippen LogP contribution is 2.15. The molecule has 0 unspecified atom stereocenters. The van der Waals surface area contributed by atoms with Crippen molar-refractivity contribution in [1.29, 1.82) is 0 Å². The van der Waals surface area contributed by atoms with Gasteiger partial charge >= 0.3 is 12.1 Å². The number of unbranched alkanes of at least 4 members (excludes halogenated alkanes) is 3. The van der Waals surface area contributed by atoms with Gasteiger partial charge in [-0.3, -0.25) is 9.79 Å². The number of carbonyl (C=O) groups excluding carboxylic acids is 1. The summed E-state index contributed by atoms with van der Waals surface area (Å²) in [5, 5.41) is 6.43. The van der Waals surface area contributed by atoms with E-state index in [1.807, 2.05) is 12.1 Å². The third kappa shape index (κ3) is 13.0. The molecule has 6 nitrogen and oxygen atoms in total. The lowest BCUT2D eigenvalue weighted by molar-refractivity contribution is -0.176. The van der Waals surface area contributed by atoms with Gasteiger partial charge in [-0.15, -0.1) is 0 Å². The smallest absolute Gasteiger partial charge is 0.411 e. The molecule has 0 bridgehead atoms. The second-order valence-electron chi connectivity index (χ2n) is 6.75. The van der Waals surface area contributed by atoms with Gasteiger partial charge in [0.2, 0.25) is 0 Å². The molecular formula is C21H32F3N3O3. The van der Waals surface area contributed by atoms with Gasteiger partial charge in [-0.25, -0.2) is 0 Å². The molecule has 0 aliphatic rings. The zero-order chi connectivity index (χ0) is 22.2. The number of hydrogen-bond donors (Lipinski definition) is 2. The fourth-order valence-electron chi connectivity index (χ4n) is 2.63. The predicted octanol–water partition coefficient (Wildman–Crippen LogP) is 3.94. The molecule has 0 saturated carbocycles. The van der Waals surface area contributed by atoms with E-state index in [-0.39, 0.29) is 12.6 Å². The molecule has 30 heavy (non-hydrogen) atoms. The van der Waals surface area contributed by atoms with Crippen LogP contribution in [0.4, 0.5) is 13.2 Å². The summed E-state index contributed by atoms with van der Waals surface area (Å²) in [7, 11) is 1.69. The molecule has 9 heteroatoms. The molecule has 0 amide bonds. The first-order valence-corrected chi connectivity index (χ1v) is 10.2. The predicted molar refractivity (Wildman–Crippen MR) is 110 cm³/mol. The van der Waals surface area contributed by atoms with Crippen LogP contribution in [0.15, 0.2) is 29.3 Å². The minimum absolute atomic E-state index is 0.0732. The molecule has 0 fully saturated rings. The molecule has 0 heterocycles. The highest BCUT2D eigenvalue weighted by atomic mass is 19.4. The van der Waals surface area contributed by atoms with Gasteiger partial charge in [0.05, 0.1) is 13.2 Å². The maximum absolute atomic E-state index is 12.1. The van der Waals surface area contributed by atoms with Crippen molar-refractivity contribution in [2.75, 3.05) is 26.8 Å². The topological polar surface area (TPSA) is 72.0 Å². The van der Waals surface area contributed by atoms with Crippen LogP contribution in [0.2, 0.25) is 0 Å². The van der Waals surface area contributed by atoms with Crippen LogP contribution in [-0.2, 0) is 27.4 Å². The van der Waals surface area contributed by atoms with Crippen molar-refractivity contribution in [2.45, 2.75) is 58.4 Å². The lowest BCUT2D eigenvalue weighted by Gasteiger charge is -2.12. The summed E-state index contributed by atoms with van der Waals surface area (Å²) < 4.78 is 45.8. The number of ether oxygens (including phenoxy) is 2. The first-order chi connectivity index (χ1) is 14.3. The summed E-state index contributed by atoms with van der Waals surface area (Å²) in [5.41, 5.74) is 1.67. The van der Waals surface area contributed by atoms with Crippen LogP contribution in [0.3, 0.4) is 0 Å². The van der Waals surface area contributed by atoms with Gasteiger partial charge in [0.15, 0.2) is 5.96 Å². The minimum Gasteiger partial charge on any atom is -0.466 e. The van der Waals surface area contributed by atoms with Crippen LogP contribution < -0.4 is 10.6 Å². The summed E-state index contributed by atoms with van der Waals surface area (Å²) in [6.45, 7) is 2.23. The number of hydrogen-bond acceptors (Lipinski definition) is 4. The van der Waals surface area contributed by atoms with E-state index in [9.17, 15) is 18.0 Å². The molecule has 1 rings (SSSR count). The molecule has 0 saturated heterocycles. The molecule has 0 aliphatic heterocycles. The van der Waals surface area contributed by atoms with Crippen molar-refractivity contribution in [3.63, 3.8) is 0 Å². The summed E-state index contributed by atoms with van der Waals surface area (Å²) >= 11 is 0. The summed E-state index contributed by atoms with van der Waals surface area (Å²) in [6.07, 6.45) is -0.0425. The third-order valence-corrected chi connectivity index (χ3v) is 4.15. The Morgan fingerprint density at radius 3 is 2.33 bits per heavy atom. The molecule has 1 aromatic carbocycles. The normalized spacial score (nSPS) is 12.0. The zero-order valence-corrected chi connectivity index (χ0v) is 17.7. The van der Waals surface area contributed by atoms with Crippen molar-refractivity contribution in [3.05, 3.63) is 35.4 Å². The van der Waals surface area contributed by atoms with E-state index in [4.69, 9.17) is 4.74 Å². The number of alkyl halides is 3. The van der Waals surface area contributed by atoms with E-state index in [1.165, 1.54) is 0 Å². The lowest BCUT2D eigenvalue weighted by Crippen LogP contribution is -2.37. The molecule has 170 valence electrons. The molecule has 0 aromatic heterocycles. The van der Waals surface area contributed by atoms with Gasteiger partial charge in [-0.2, -0.15) is 13.2 Å². The number of nitrogens with zero attached hydrogens (tertiary/aromatic N) is 1. The molecular weight excluding hydrogens is 399 g/mol. The van der Waals surface area contributed by atoms with Gasteiger partial charge in [0, 0.05) is 26.6 Å². The van der Waals surface area contributed by atoms with Crippen LogP contribution in [0.1, 0.15) is 50.2 Å². The van der Waals surface area contributed by atoms with E-state index in [0.717, 1.165) is 37.8 Å². The quantitative estimate of drug-likeness (QED) is 0.214. The summed E-state index contributed by atoms with van der Waals surface area (Å²) in [6, 6.07) is 7.19. The first kappa shape index (κ1) is 25.7. The van der Waals surface area contributed by atoms with Crippen molar-refractivity contribution in [3.8, 4) is 0 Å². The highest BCUT2D eigenvalue weighted by molar-refractivity contribution is 5.79. The number of rotatable bonds is 13. The highest BCUT2D eigenvalue weighted by Gasteiger charge is 2.27. The van der Waals surface area contributed by atoms with Crippen LogP contribution in [0, 0.1) is 0 Å². The van der Waals surface area contributed by atoms with Crippen LogP contribution in [-0.4, -0.2) is 44.9 Å². The average Bonchev–Trinajstić information content (AvgIpc) is 2.70. The summed E-state index contributed by atoms with van der Waals surface area (Å²) in [4.78, 5) is 15.4. The number of nitrogens with one attached hydrogen (secondary N) is 2. The second kappa shape index (κ2) is 14.7. The van der Waals surface area contributed by atoms with Gasteiger partial charge in [0.25, 0.3) is 0 Å². The second-order valence-corrected chi connectivity index (χ2v) is 6.75. The molecule has 0 aliphatic carbocycles. The fourth-order valence-corrected chi connectivity index (χ4v) is 2.63. The number of benzene rings is 1. The molecule has 0 radical (unpaired) electrons. The lowest BCUT2D eigenvalue weighted by atomic mass is 10.1. The minimum atomic E-state index is -4.31. The van der Waals surface area contributed by atoms with Crippen molar-refractivity contribution < 1.29 is 27.4 Å². The molecule has 0 atom stereocenters. The van der Waals surface area contributed by atoms with Crippen molar-refractivity contribution >= 4 is 11.9 Å².